The van der Waals surface area contributed by atoms with E-state index in [1.54, 1.807) is 0 Å². The Labute approximate surface area is 68.3 Å². The summed E-state index contributed by atoms with van der Waals surface area (Å²) in [4.78, 5) is 0. The van der Waals surface area contributed by atoms with Gasteiger partial charge in [0.1, 0.15) is 0 Å². The van der Waals surface area contributed by atoms with Crippen LogP contribution in [-0.2, 0) is 4.74 Å². The minimum absolute atomic E-state index is 0.483. The standard InChI is InChI=1S/C9H17NO/c1-2-4-9(3-1)5-7-11-8-6-10-9/h10H,1-8H2. The topological polar surface area (TPSA) is 21.3 Å². The molecule has 1 saturated heterocycles. The zero-order valence-electron chi connectivity index (χ0n) is 7.07. The molecule has 1 heterocycles. The van der Waals surface area contributed by atoms with Crippen molar-refractivity contribution in [2.75, 3.05) is 19.8 Å². The predicted octanol–water partition coefficient (Wildman–Crippen LogP) is 1.31. The van der Waals surface area contributed by atoms with Gasteiger partial charge in [-0.1, -0.05) is 12.8 Å². The van der Waals surface area contributed by atoms with E-state index in [1.807, 2.05) is 0 Å². The summed E-state index contributed by atoms with van der Waals surface area (Å²) in [7, 11) is 0. The fraction of sp³-hybridized carbons (Fsp3) is 1.00. The first kappa shape index (κ1) is 7.56. The van der Waals surface area contributed by atoms with E-state index in [0.29, 0.717) is 5.54 Å². The zero-order valence-corrected chi connectivity index (χ0v) is 7.07. The molecule has 0 aromatic carbocycles. The van der Waals surface area contributed by atoms with Gasteiger partial charge in [0.05, 0.1) is 6.61 Å². The molecule has 1 aliphatic heterocycles. The van der Waals surface area contributed by atoms with Crippen molar-refractivity contribution in [3.63, 3.8) is 0 Å². The van der Waals surface area contributed by atoms with E-state index in [-0.39, 0.29) is 0 Å². The minimum atomic E-state index is 0.483. The fourth-order valence-corrected chi connectivity index (χ4v) is 2.32. The van der Waals surface area contributed by atoms with Crippen LogP contribution in [0.25, 0.3) is 0 Å². The van der Waals surface area contributed by atoms with Gasteiger partial charge in [-0.15, -0.1) is 0 Å². The second-order valence-electron chi connectivity index (χ2n) is 3.78. The number of nitrogens with one attached hydrogen (secondary N) is 1. The molecule has 2 fully saturated rings. The predicted molar refractivity (Wildman–Crippen MR) is 44.6 cm³/mol. The molecule has 2 rings (SSSR count). The Morgan fingerprint density at radius 2 is 1.82 bits per heavy atom. The lowest BCUT2D eigenvalue weighted by Crippen LogP contribution is -2.42. The average molecular weight is 155 g/mol. The molecule has 0 aromatic heterocycles. The first-order chi connectivity index (χ1) is 5.41. The summed E-state index contributed by atoms with van der Waals surface area (Å²) < 4.78 is 5.42. The Balaban J connectivity index is 1.97. The molecule has 1 saturated carbocycles. The van der Waals surface area contributed by atoms with Gasteiger partial charge >= 0.3 is 0 Å². The van der Waals surface area contributed by atoms with Crippen LogP contribution in [0.3, 0.4) is 0 Å². The van der Waals surface area contributed by atoms with Crippen LogP contribution in [-0.4, -0.2) is 25.3 Å². The second-order valence-corrected chi connectivity index (χ2v) is 3.78. The maximum absolute atomic E-state index is 5.42. The van der Waals surface area contributed by atoms with Crippen LogP contribution < -0.4 is 5.32 Å². The normalized spacial score (nSPS) is 30.5. The highest BCUT2D eigenvalue weighted by atomic mass is 16.5. The van der Waals surface area contributed by atoms with Gasteiger partial charge < -0.3 is 10.1 Å². The maximum atomic E-state index is 5.42. The molecule has 0 bridgehead atoms. The van der Waals surface area contributed by atoms with Crippen LogP contribution in [0.1, 0.15) is 32.1 Å². The summed E-state index contributed by atoms with van der Waals surface area (Å²) in [5, 5.41) is 3.63. The van der Waals surface area contributed by atoms with E-state index in [4.69, 9.17) is 4.74 Å². The molecule has 0 atom stereocenters. The Morgan fingerprint density at radius 1 is 1.00 bits per heavy atom. The second kappa shape index (κ2) is 3.11. The van der Waals surface area contributed by atoms with Crippen LogP contribution in [0, 0.1) is 0 Å². The average Bonchev–Trinajstić information content (AvgIpc) is 2.32. The molecule has 1 N–H and O–H groups in total. The third kappa shape index (κ3) is 1.57. The van der Waals surface area contributed by atoms with Crippen LogP contribution >= 0.6 is 0 Å². The summed E-state index contributed by atoms with van der Waals surface area (Å²) in [6.07, 6.45) is 6.79. The molecule has 1 aliphatic carbocycles. The van der Waals surface area contributed by atoms with Crippen molar-refractivity contribution in [3.05, 3.63) is 0 Å². The van der Waals surface area contributed by atoms with Gasteiger partial charge in [0, 0.05) is 18.7 Å². The first-order valence-electron chi connectivity index (χ1n) is 4.74. The smallest absolute Gasteiger partial charge is 0.0591 e. The first-order valence-corrected chi connectivity index (χ1v) is 4.74. The van der Waals surface area contributed by atoms with Crippen molar-refractivity contribution < 1.29 is 4.74 Å². The number of rotatable bonds is 0. The molecule has 0 unspecified atom stereocenters. The van der Waals surface area contributed by atoms with Crippen molar-refractivity contribution >= 4 is 0 Å². The largest absolute Gasteiger partial charge is 0.380 e. The Hall–Kier alpha value is -0.0800. The third-order valence-electron chi connectivity index (χ3n) is 3.03. The summed E-state index contributed by atoms with van der Waals surface area (Å²) >= 11 is 0. The molecular weight excluding hydrogens is 138 g/mol. The maximum Gasteiger partial charge on any atom is 0.0591 e. The summed E-state index contributed by atoms with van der Waals surface area (Å²) in [5.74, 6) is 0. The third-order valence-corrected chi connectivity index (χ3v) is 3.03. The Kier molecular flexibility index (Phi) is 2.14. The Bertz CT molecular complexity index is 120. The van der Waals surface area contributed by atoms with Crippen molar-refractivity contribution in [2.24, 2.45) is 0 Å². The van der Waals surface area contributed by atoms with Gasteiger partial charge in [-0.25, -0.2) is 0 Å². The molecule has 2 nitrogen and oxygen atoms in total. The quantitative estimate of drug-likeness (QED) is 0.569. The van der Waals surface area contributed by atoms with Crippen LogP contribution in [0.5, 0.6) is 0 Å². The minimum Gasteiger partial charge on any atom is -0.380 e. The van der Waals surface area contributed by atoms with Crippen molar-refractivity contribution in [1.29, 1.82) is 0 Å². The molecule has 0 amide bonds. The van der Waals surface area contributed by atoms with E-state index in [2.05, 4.69) is 5.32 Å². The van der Waals surface area contributed by atoms with E-state index in [1.165, 1.54) is 32.1 Å². The van der Waals surface area contributed by atoms with Crippen molar-refractivity contribution in [1.82, 2.24) is 5.32 Å². The summed E-state index contributed by atoms with van der Waals surface area (Å²) in [6.45, 7) is 2.93. The SMILES string of the molecule is C1CCC2(C1)CCOCCN2. The van der Waals surface area contributed by atoms with Gasteiger partial charge in [-0.3, -0.25) is 0 Å². The lowest BCUT2D eigenvalue weighted by atomic mass is 9.94. The van der Waals surface area contributed by atoms with Gasteiger partial charge in [0.25, 0.3) is 0 Å². The monoisotopic (exact) mass is 155 g/mol. The number of hydrogen-bond acceptors (Lipinski definition) is 2. The van der Waals surface area contributed by atoms with Crippen LogP contribution in [0.2, 0.25) is 0 Å². The van der Waals surface area contributed by atoms with Crippen molar-refractivity contribution in [3.8, 4) is 0 Å². The summed E-state index contributed by atoms with van der Waals surface area (Å²) in [5.41, 5.74) is 0.483. The fourth-order valence-electron chi connectivity index (χ4n) is 2.32. The summed E-state index contributed by atoms with van der Waals surface area (Å²) in [6, 6.07) is 0. The van der Waals surface area contributed by atoms with E-state index >= 15 is 0 Å². The van der Waals surface area contributed by atoms with E-state index in [9.17, 15) is 0 Å². The molecule has 2 heteroatoms. The molecule has 2 aliphatic rings. The van der Waals surface area contributed by atoms with E-state index < -0.39 is 0 Å². The molecular formula is C9H17NO. The van der Waals surface area contributed by atoms with Crippen LogP contribution in [0.4, 0.5) is 0 Å². The highest BCUT2D eigenvalue weighted by molar-refractivity contribution is 4.93. The molecule has 0 aromatic rings. The lowest BCUT2D eigenvalue weighted by molar-refractivity contribution is 0.145. The van der Waals surface area contributed by atoms with Gasteiger partial charge in [0.2, 0.25) is 0 Å². The number of hydrogen-bond donors (Lipinski definition) is 1. The van der Waals surface area contributed by atoms with E-state index in [0.717, 1.165) is 19.8 Å². The Morgan fingerprint density at radius 3 is 2.64 bits per heavy atom. The van der Waals surface area contributed by atoms with Gasteiger partial charge in [0.15, 0.2) is 0 Å². The highest BCUT2D eigenvalue weighted by Gasteiger charge is 2.33. The van der Waals surface area contributed by atoms with Gasteiger partial charge in [-0.2, -0.15) is 0 Å². The lowest BCUT2D eigenvalue weighted by Gasteiger charge is -2.27. The van der Waals surface area contributed by atoms with Crippen molar-refractivity contribution in [2.45, 2.75) is 37.6 Å². The zero-order chi connectivity index (χ0) is 7.57. The molecule has 11 heavy (non-hydrogen) atoms. The molecule has 1 spiro atoms. The molecule has 0 radical (unpaired) electrons. The van der Waals surface area contributed by atoms with Crippen LogP contribution in [0.15, 0.2) is 0 Å². The molecule has 64 valence electrons. The highest BCUT2D eigenvalue weighted by Crippen LogP contribution is 2.32. The number of ether oxygens (including phenoxy) is 1. The van der Waals surface area contributed by atoms with Gasteiger partial charge in [-0.05, 0) is 19.3 Å².